The molecule has 1 heterocycles. The number of imide groups is 1. The van der Waals surface area contributed by atoms with Gasteiger partial charge in [0.1, 0.15) is 5.82 Å². The van der Waals surface area contributed by atoms with E-state index in [-0.39, 0.29) is 35.0 Å². The lowest BCUT2D eigenvalue weighted by atomic mass is 10.1. The van der Waals surface area contributed by atoms with Crippen molar-refractivity contribution in [1.29, 1.82) is 0 Å². The van der Waals surface area contributed by atoms with Crippen molar-refractivity contribution in [3.63, 3.8) is 0 Å². The van der Waals surface area contributed by atoms with E-state index in [0.29, 0.717) is 5.69 Å². The molecule has 3 aromatic carbocycles. The average Bonchev–Trinajstić information content (AvgIpc) is 2.99. The monoisotopic (exact) mass is 402 g/mol. The lowest BCUT2D eigenvalue weighted by Crippen LogP contribution is -2.30. The molecule has 3 aromatic rings. The van der Waals surface area contributed by atoms with Crippen LogP contribution in [0, 0.1) is 19.7 Å². The van der Waals surface area contributed by atoms with Crippen LogP contribution in [0.4, 0.5) is 10.1 Å². The van der Waals surface area contributed by atoms with Crippen molar-refractivity contribution in [2.24, 2.45) is 0 Å². The number of halogens is 1. The summed E-state index contributed by atoms with van der Waals surface area (Å²) in [7, 11) is 0. The minimum atomic E-state index is -0.447. The first-order valence-electron chi connectivity index (χ1n) is 9.48. The molecule has 0 aromatic heterocycles. The molecule has 30 heavy (non-hydrogen) atoms. The van der Waals surface area contributed by atoms with E-state index in [1.54, 1.807) is 18.2 Å². The van der Waals surface area contributed by atoms with Crippen molar-refractivity contribution in [1.82, 2.24) is 5.32 Å². The molecule has 3 amide bonds. The van der Waals surface area contributed by atoms with E-state index in [9.17, 15) is 18.8 Å². The zero-order valence-corrected chi connectivity index (χ0v) is 16.5. The third-order valence-corrected chi connectivity index (χ3v) is 5.12. The molecule has 1 aliphatic rings. The molecule has 6 heteroatoms. The summed E-state index contributed by atoms with van der Waals surface area (Å²) in [6, 6.07) is 15.9. The van der Waals surface area contributed by atoms with Gasteiger partial charge in [0.25, 0.3) is 17.7 Å². The molecule has 1 N–H and O–H groups in total. The van der Waals surface area contributed by atoms with Gasteiger partial charge in [-0.1, -0.05) is 24.3 Å². The Labute approximate surface area is 173 Å². The summed E-state index contributed by atoms with van der Waals surface area (Å²) in [5.74, 6) is -1.58. The Morgan fingerprint density at radius 3 is 2.33 bits per heavy atom. The number of carbonyl (C=O) groups is 3. The van der Waals surface area contributed by atoms with Crippen LogP contribution in [-0.4, -0.2) is 17.7 Å². The number of fused-ring (bicyclic) bond motifs is 1. The van der Waals surface area contributed by atoms with E-state index in [0.717, 1.165) is 21.6 Å². The van der Waals surface area contributed by atoms with Gasteiger partial charge in [0.2, 0.25) is 0 Å². The summed E-state index contributed by atoms with van der Waals surface area (Å²) in [5.41, 5.74) is 3.80. The fourth-order valence-electron chi connectivity index (χ4n) is 3.45. The van der Waals surface area contributed by atoms with Crippen LogP contribution in [0.5, 0.6) is 0 Å². The molecule has 0 aliphatic carbocycles. The average molecular weight is 402 g/mol. The second kappa shape index (κ2) is 7.55. The molecular weight excluding hydrogens is 383 g/mol. The highest BCUT2D eigenvalue weighted by molar-refractivity contribution is 6.35. The van der Waals surface area contributed by atoms with Crippen LogP contribution in [-0.2, 0) is 6.54 Å². The van der Waals surface area contributed by atoms with Crippen molar-refractivity contribution in [2.45, 2.75) is 20.4 Å². The third kappa shape index (κ3) is 3.48. The second-order valence-corrected chi connectivity index (χ2v) is 7.31. The van der Waals surface area contributed by atoms with Gasteiger partial charge < -0.3 is 5.32 Å². The fraction of sp³-hybridized carbons (Fsp3) is 0.125. The number of nitrogens with one attached hydrogen (secondary N) is 1. The molecule has 0 atom stereocenters. The molecule has 0 saturated carbocycles. The van der Waals surface area contributed by atoms with Gasteiger partial charge in [-0.3, -0.25) is 14.4 Å². The molecule has 0 saturated heterocycles. The number of carbonyl (C=O) groups excluding carboxylic acids is 3. The molecule has 5 nitrogen and oxygen atoms in total. The highest BCUT2D eigenvalue weighted by atomic mass is 19.1. The van der Waals surface area contributed by atoms with Crippen molar-refractivity contribution >= 4 is 23.4 Å². The first-order chi connectivity index (χ1) is 14.3. The van der Waals surface area contributed by atoms with Gasteiger partial charge in [0.15, 0.2) is 0 Å². The van der Waals surface area contributed by atoms with Gasteiger partial charge in [0, 0.05) is 12.1 Å². The molecule has 0 bridgehead atoms. The van der Waals surface area contributed by atoms with Gasteiger partial charge >= 0.3 is 0 Å². The summed E-state index contributed by atoms with van der Waals surface area (Å²) in [5, 5.41) is 2.74. The Balaban J connectivity index is 1.57. The number of rotatable bonds is 4. The quantitative estimate of drug-likeness (QED) is 0.666. The van der Waals surface area contributed by atoms with Crippen LogP contribution in [0.3, 0.4) is 0 Å². The highest BCUT2D eigenvalue weighted by Crippen LogP contribution is 2.31. The van der Waals surface area contributed by atoms with Crippen LogP contribution >= 0.6 is 0 Å². The fourth-order valence-corrected chi connectivity index (χ4v) is 3.45. The van der Waals surface area contributed by atoms with E-state index in [4.69, 9.17) is 0 Å². The summed E-state index contributed by atoms with van der Waals surface area (Å²) >= 11 is 0. The van der Waals surface area contributed by atoms with Crippen molar-refractivity contribution in [3.8, 4) is 0 Å². The van der Waals surface area contributed by atoms with Crippen molar-refractivity contribution in [2.75, 3.05) is 4.90 Å². The highest BCUT2D eigenvalue weighted by Gasteiger charge is 2.37. The van der Waals surface area contributed by atoms with Crippen molar-refractivity contribution < 1.29 is 18.8 Å². The first-order valence-corrected chi connectivity index (χ1v) is 9.48. The van der Waals surface area contributed by atoms with Gasteiger partial charge in [-0.2, -0.15) is 0 Å². The zero-order chi connectivity index (χ0) is 21.4. The molecule has 0 radical (unpaired) electrons. The van der Waals surface area contributed by atoms with Gasteiger partial charge in [0.05, 0.1) is 16.8 Å². The predicted octanol–water partition coefficient (Wildman–Crippen LogP) is 4.17. The van der Waals surface area contributed by atoms with E-state index >= 15 is 0 Å². The topological polar surface area (TPSA) is 66.5 Å². The van der Waals surface area contributed by atoms with E-state index in [1.807, 2.05) is 26.0 Å². The Kier molecular flexibility index (Phi) is 4.91. The van der Waals surface area contributed by atoms with E-state index < -0.39 is 11.8 Å². The summed E-state index contributed by atoms with van der Waals surface area (Å²) in [4.78, 5) is 39.5. The molecule has 0 spiro atoms. The lowest BCUT2D eigenvalue weighted by molar-refractivity contribution is 0.0923. The number of hydrogen-bond acceptors (Lipinski definition) is 3. The number of hydrogen-bond donors (Lipinski definition) is 1. The van der Waals surface area contributed by atoms with Crippen molar-refractivity contribution in [3.05, 3.63) is 99.9 Å². The summed E-state index contributed by atoms with van der Waals surface area (Å²) < 4.78 is 13.0. The van der Waals surface area contributed by atoms with Gasteiger partial charge in [-0.15, -0.1) is 0 Å². The van der Waals surface area contributed by atoms with Crippen LogP contribution < -0.4 is 10.2 Å². The minimum absolute atomic E-state index is 0.204. The zero-order valence-electron chi connectivity index (χ0n) is 16.5. The number of amides is 3. The van der Waals surface area contributed by atoms with Crippen LogP contribution in [0.1, 0.15) is 47.8 Å². The number of anilines is 1. The van der Waals surface area contributed by atoms with Gasteiger partial charge in [-0.05, 0) is 66.9 Å². The molecule has 0 fully saturated rings. The van der Waals surface area contributed by atoms with Crippen LogP contribution in [0.15, 0.2) is 60.7 Å². The Morgan fingerprint density at radius 2 is 1.60 bits per heavy atom. The first kappa shape index (κ1) is 19.5. The van der Waals surface area contributed by atoms with Gasteiger partial charge in [-0.25, -0.2) is 9.29 Å². The van der Waals surface area contributed by atoms with Crippen LogP contribution in [0.2, 0.25) is 0 Å². The lowest BCUT2D eigenvalue weighted by Gasteiger charge is -2.17. The van der Waals surface area contributed by atoms with E-state index in [1.165, 1.54) is 30.3 Å². The molecule has 0 unspecified atom stereocenters. The number of nitrogens with zero attached hydrogens (tertiary/aromatic N) is 1. The molecular formula is C24H19FN2O3. The van der Waals surface area contributed by atoms with E-state index in [2.05, 4.69) is 5.32 Å². The predicted molar refractivity (Wildman–Crippen MR) is 111 cm³/mol. The number of aryl methyl sites for hydroxylation is 2. The minimum Gasteiger partial charge on any atom is -0.348 e. The Bertz CT molecular complexity index is 1190. The maximum atomic E-state index is 13.0. The third-order valence-electron chi connectivity index (χ3n) is 5.12. The largest absolute Gasteiger partial charge is 0.348 e. The SMILES string of the molecule is Cc1ccc(C)c(N2C(=O)c3ccc(C(=O)NCc4ccc(F)cc4)cc3C2=O)c1. The maximum absolute atomic E-state index is 13.0. The second-order valence-electron chi connectivity index (χ2n) is 7.31. The maximum Gasteiger partial charge on any atom is 0.266 e. The Hall–Kier alpha value is -3.80. The van der Waals surface area contributed by atoms with Crippen LogP contribution in [0.25, 0.3) is 0 Å². The normalized spacial score (nSPS) is 12.8. The Morgan fingerprint density at radius 1 is 0.900 bits per heavy atom. The summed E-state index contributed by atoms with van der Waals surface area (Å²) in [6.07, 6.45) is 0. The smallest absolute Gasteiger partial charge is 0.266 e. The molecule has 1 aliphatic heterocycles. The molecule has 150 valence electrons. The number of benzene rings is 3. The molecule has 4 rings (SSSR count). The summed E-state index contributed by atoms with van der Waals surface area (Å²) in [6.45, 7) is 3.95. The standard InChI is InChI=1S/C24H19FN2O3/c1-14-3-4-15(2)21(11-14)27-23(29)19-10-7-17(12-20(19)24(27)30)22(28)26-13-16-5-8-18(25)9-6-16/h3-12H,13H2,1-2H3,(H,26,28).